The molecular formula is C13H18ClN3S. The van der Waals surface area contributed by atoms with E-state index in [4.69, 9.17) is 11.6 Å². The minimum absolute atomic E-state index is 0.490. The molecule has 0 aliphatic heterocycles. The van der Waals surface area contributed by atoms with E-state index in [1.807, 2.05) is 6.07 Å². The van der Waals surface area contributed by atoms with Gasteiger partial charge in [-0.2, -0.15) is 0 Å². The van der Waals surface area contributed by atoms with E-state index in [9.17, 15) is 0 Å². The molecule has 0 unspecified atom stereocenters. The fraction of sp³-hybridized carbons (Fsp3) is 0.538. The van der Waals surface area contributed by atoms with Gasteiger partial charge in [-0.25, -0.2) is 9.97 Å². The third kappa shape index (κ3) is 2.59. The van der Waals surface area contributed by atoms with Gasteiger partial charge in [-0.05, 0) is 24.3 Å². The molecule has 3 nitrogen and oxygen atoms in total. The van der Waals surface area contributed by atoms with Crippen LogP contribution in [0.5, 0.6) is 0 Å². The quantitative estimate of drug-likeness (QED) is 0.752. The van der Waals surface area contributed by atoms with Crippen LogP contribution in [0.2, 0.25) is 0 Å². The predicted octanol–water partition coefficient (Wildman–Crippen LogP) is 3.93. The van der Waals surface area contributed by atoms with Crippen molar-refractivity contribution in [3.05, 3.63) is 17.8 Å². The molecule has 0 N–H and O–H groups in total. The van der Waals surface area contributed by atoms with Crippen LogP contribution in [-0.4, -0.2) is 28.4 Å². The van der Waals surface area contributed by atoms with Gasteiger partial charge in [0.05, 0.1) is 10.2 Å². The van der Waals surface area contributed by atoms with Crippen LogP contribution in [0.3, 0.4) is 0 Å². The highest BCUT2D eigenvalue weighted by atomic mass is 35.5. The van der Waals surface area contributed by atoms with Crippen LogP contribution < -0.4 is 4.90 Å². The zero-order valence-electron chi connectivity index (χ0n) is 10.8. The molecule has 0 saturated heterocycles. The number of anilines is 1. The lowest BCUT2D eigenvalue weighted by atomic mass is 10.1. The SMILES string of the molecule is CCC(CC)N(CCCl)c1ncnc2ccsc12. The lowest BCUT2D eigenvalue weighted by Gasteiger charge is -2.31. The van der Waals surface area contributed by atoms with Crippen molar-refractivity contribution in [3.63, 3.8) is 0 Å². The topological polar surface area (TPSA) is 29.0 Å². The van der Waals surface area contributed by atoms with Crippen LogP contribution in [0.4, 0.5) is 5.82 Å². The Bertz CT molecular complexity index is 496. The molecule has 0 aliphatic carbocycles. The van der Waals surface area contributed by atoms with E-state index in [0.717, 1.165) is 35.4 Å². The molecular weight excluding hydrogens is 266 g/mol. The number of hydrogen-bond acceptors (Lipinski definition) is 4. The summed E-state index contributed by atoms with van der Waals surface area (Å²) in [6, 6.07) is 2.53. The Morgan fingerprint density at radius 3 is 2.78 bits per heavy atom. The van der Waals surface area contributed by atoms with Gasteiger partial charge in [0.25, 0.3) is 0 Å². The van der Waals surface area contributed by atoms with Crippen molar-refractivity contribution in [2.75, 3.05) is 17.3 Å². The molecule has 0 spiro atoms. The van der Waals surface area contributed by atoms with Gasteiger partial charge in [0, 0.05) is 18.5 Å². The van der Waals surface area contributed by atoms with Gasteiger partial charge in [-0.15, -0.1) is 22.9 Å². The third-order valence-electron chi connectivity index (χ3n) is 3.21. The number of aromatic nitrogens is 2. The number of nitrogens with zero attached hydrogens (tertiary/aromatic N) is 3. The number of thiophene rings is 1. The Morgan fingerprint density at radius 1 is 1.33 bits per heavy atom. The maximum atomic E-state index is 5.95. The van der Waals surface area contributed by atoms with Crippen molar-refractivity contribution in [2.45, 2.75) is 32.7 Å². The summed E-state index contributed by atoms with van der Waals surface area (Å²) in [6.45, 7) is 5.25. The second-order valence-corrected chi connectivity index (χ2v) is 5.48. The highest BCUT2D eigenvalue weighted by Gasteiger charge is 2.19. The second kappa shape index (κ2) is 6.34. The molecule has 98 valence electrons. The van der Waals surface area contributed by atoms with Crippen LogP contribution in [0.15, 0.2) is 17.8 Å². The standard InChI is InChI=1S/C13H18ClN3S/c1-3-10(4-2)17(7-6-14)13-12-11(5-8-18-12)15-9-16-13/h5,8-10H,3-4,6-7H2,1-2H3. The summed E-state index contributed by atoms with van der Waals surface area (Å²) in [6.07, 6.45) is 3.85. The van der Waals surface area contributed by atoms with Crippen LogP contribution in [0.25, 0.3) is 10.2 Å². The predicted molar refractivity (Wildman–Crippen MR) is 79.9 cm³/mol. The molecule has 0 saturated carbocycles. The summed E-state index contributed by atoms with van der Waals surface area (Å²) in [5, 5.41) is 2.06. The molecule has 18 heavy (non-hydrogen) atoms. The summed E-state index contributed by atoms with van der Waals surface area (Å²) in [4.78, 5) is 11.1. The summed E-state index contributed by atoms with van der Waals surface area (Å²) < 4.78 is 1.16. The maximum absolute atomic E-state index is 5.95. The monoisotopic (exact) mass is 283 g/mol. The van der Waals surface area contributed by atoms with Crippen molar-refractivity contribution in [2.24, 2.45) is 0 Å². The molecule has 2 heterocycles. The van der Waals surface area contributed by atoms with Gasteiger partial charge in [-0.1, -0.05) is 13.8 Å². The molecule has 0 amide bonds. The fourth-order valence-electron chi connectivity index (χ4n) is 2.26. The normalized spacial score (nSPS) is 11.3. The van der Waals surface area contributed by atoms with Gasteiger partial charge >= 0.3 is 0 Å². The molecule has 0 radical (unpaired) electrons. The summed E-state index contributed by atoms with van der Waals surface area (Å²) in [5.41, 5.74) is 1.02. The first-order valence-electron chi connectivity index (χ1n) is 6.32. The lowest BCUT2D eigenvalue weighted by molar-refractivity contribution is 0.564. The Balaban J connectivity index is 2.43. The largest absolute Gasteiger partial charge is 0.351 e. The smallest absolute Gasteiger partial charge is 0.150 e. The van der Waals surface area contributed by atoms with Crippen LogP contribution in [0.1, 0.15) is 26.7 Å². The molecule has 2 aromatic rings. The molecule has 2 aromatic heterocycles. The van der Waals surface area contributed by atoms with Gasteiger partial charge in [0.2, 0.25) is 0 Å². The maximum Gasteiger partial charge on any atom is 0.150 e. The zero-order valence-corrected chi connectivity index (χ0v) is 12.3. The van der Waals surface area contributed by atoms with Crippen molar-refractivity contribution in [3.8, 4) is 0 Å². The van der Waals surface area contributed by atoms with E-state index in [1.165, 1.54) is 0 Å². The van der Waals surface area contributed by atoms with Crippen LogP contribution in [0, 0.1) is 0 Å². The minimum Gasteiger partial charge on any atom is -0.351 e. The Hall–Kier alpha value is -0.870. The summed E-state index contributed by atoms with van der Waals surface area (Å²) in [5.74, 6) is 1.65. The molecule has 0 aromatic carbocycles. The van der Waals surface area contributed by atoms with Gasteiger partial charge in [0.1, 0.15) is 12.1 Å². The van der Waals surface area contributed by atoms with E-state index in [2.05, 4.69) is 34.1 Å². The molecule has 0 aliphatic rings. The third-order valence-corrected chi connectivity index (χ3v) is 4.27. The van der Waals surface area contributed by atoms with Crippen molar-refractivity contribution in [1.29, 1.82) is 0 Å². The van der Waals surface area contributed by atoms with Crippen LogP contribution >= 0.6 is 22.9 Å². The van der Waals surface area contributed by atoms with Crippen molar-refractivity contribution < 1.29 is 0 Å². The summed E-state index contributed by atoms with van der Waals surface area (Å²) in [7, 11) is 0. The minimum atomic E-state index is 0.490. The van der Waals surface area contributed by atoms with Gasteiger partial charge in [-0.3, -0.25) is 0 Å². The molecule has 0 bridgehead atoms. The Morgan fingerprint density at radius 2 is 2.11 bits per heavy atom. The highest BCUT2D eigenvalue weighted by molar-refractivity contribution is 7.17. The van der Waals surface area contributed by atoms with E-state index in [1.54, 1.807) is 17.7 Å². The lowest BCUT2D eigenvalue weighted by Crippen LogP contribution is -2.36. The zero-order chi connectivity index (χ0) is 13.0. The van der Waals surface area contributed by atoms with E-state index in [-0.39, 0.29) is 0 Å². The van der Waals surface area contributed by atoms with E-state index >= 15 is 0 Å². The average Bonchev–Trinajstić information content (AvgIpc) is 2.87. The number of rotatable bonds is 6. The number of fused-ring (bicyclic) bond motifs is 1. The van der Waals surface area contributed by atoms with Gasteiger partial charge < -0.3 is 4.90 Å². The summed E-state index contributed by atoms with van der Waals surface area (Å²) >= 11 is 7.64. The van der Waals surface area contributed by atoms with Crippen molar-refractivity contribution in [1.82, 2.24) is 9.97 Å². The first kappa shape index (κ1) is 13.6. The number of halogens is 1. The molecule has 5 heteroatoms. The van der Waals surface area contributed by atoms with E-state index in [0.29, 0.717) is 11.9 Å². The molecule has 2 rings (SSSR count). The number of alkyl halides is 1. The van der Waals surface area contributed by atoms with Gasteiger partial charge in [0.15, 0.2) is 0 Å². The first-order valence-corrected chi connectivity index (χ1v) is 7.74. The fourth-order valence-corrected chi connectivity index (χ4v) is 3.29. The van der Waals surface area contributed by atoms with E-state index < -0.39 is 0 Å². The first-order chi connectivity index (χ1) is 8.81. The highest BCUT2D eigenvalue weighted by Crippen LogP contribution is 2.30. The molecule has 0 atom stereocenters. The average molecular weight is 284 g/mol. The van der Waals surface area contributed by atoms with Crippen molar-refractivity contribution >= 4 is 39.0 Å². The molecule has 0 fully saturated rings. The Labute approximate surface area is 117 Å². The van der Waals surface area contributed by atoms with Crippen LogP contribution in [-0.2, 0) is 0 Å². The second-order valence-electron chi connectivity index (χ2n) is 4.18. The Kier molecular flexibility index (Phi) is 4.78. The number of hydrogen-bond donors (Lipinski definition) is 0.